The normalized spacial score (nSPS) is 12.2. The van der Waals surface area contributed by atoms with E-state index in [1.165, 1.54) is 32.3 Å². The summed E-state index contributed by atoms with van der Waals surface area (Å²) in [6.45, 7) is 0. The van der Waals surface area contributed by atoms with Crippen LogP contribution in [0.2, 0.25) is 0 Å². The summed E-state index contributed by atoms with van der Waals surface area (Å²) >= 11 is 0. The number of benzene rings is 10. The molecule has 0 aliphatic rings. The summed E-state index contributed by atoms with van der Waals surface area (Å²) in [4.78, 5) is 16.1. The number of furan rings is 2. The first kappa shape index (κ1) is 35.4. The van der Waals surface area contributed by atoms with Gasteiger partial charge in [0.2, 0.25) is 5.95 Å². The van der Waals surface area contributed by atoms with Crippen molar-refractivity contribution in [2.24, 2.45) is 0 Å². The van der Waals surface area contributed by atoms with Crippen molar-refractivity contribution < 1.29 is 8.83 Å². The number of para-hydroxylation sites is 4. The van der Waals surface area contributed by atoms with Gasteiger partial charge in [-0.1, -0.05) is 140 Å². The molecular weight excluding hydrogens is 811 g/mol. The third kappa shape index (κ3) is 4.93. The van der Waals surface area contributed by atoms with Gasteiger partial charge in [-0.3, -0.25) is 4.57 Å². The Bertz CT molecular complexity index is 4500. The first-order valence-electron chi connectivity index (χ1n) is 22.2. The van der Waals surface area contributed by atoms with Gasteiger partial charge in [0.25, 0.3) is 0 Å². The lowest BCUT2D eigenvalue weighted by Crippen LogP contribution is -2.06. The van der Waals surface area contributed by atoms with Gasteiger partial charge in [-0.25, -0.2) is 4.98 Å². The van der Waals surface area contributed by atoms with Crippen LogP contribution in [0.3, 0.4) is 0 Å². The number of fused-ring (bicyclic) bond motifs is 15. The predicted molar refractivity (Wildman–Crippen MR) is 269 cm³/mol. The molecule has 0 spiro atoms. The summed E-state index contributed by atoms with van der Waals surface area (Å²) in [5.74, 6) is 1.52. The van der Waals surface area contributed by atoms with Gasteiger partial charge >= 0.3 is 0 Å². The molecule has 0 saturated carbocycles. The Morgan fingerprint density at radius 3 is 1.74 bits per heavy atom. The van der Waals surface area contributed by atoms with Gasteiger partial charge in [0.05, 0.1) is 38.7 Å². The van der Waals surface area contributed by atoms with Crippen molar-refractivity contribution in [3.8, 4) is 34.4 Å². The average molecular weight is 844 g/mol. The molecule has 5 heterocycles. The molecule has 5 aromatic heterocycles. The largest absolute Gasteiger partial charge is 0.456 e. The van der Waals surface area contributed by atoms with Crippen LogP contribution in [0.15, 0.2) is 209 Å². The van der Waals surface area contributed by atoms with Gasteiger partial charge in [0.1, 0.15) is 22.3 Å². The number of aromatic nitrogens is 5. The van der Waals surface area contributed by atoms with E-state index in [0.717, 1.165) is 87.9 Å². The monoisotopic (exact) mass is 843 g/mol. The molecule has 7 heteroatoms. The van der Waals surface area contributed by atoms with Crippen LogP contribution >= 0.6 is 0 Å². The molecule has 15 aromatic rings. The van der Waals surface area contributed by atoms with E-state index in [4.69, 9.17) is 23.8 Å². The fraction of sp³-hybridized carbons (Fsp3) is 0. The van der Waals surface area contributed by atoms with Crippen molar-refractivity contribution in [2.45, 2.75) is 0 Å². The molecule has 10 aromatic carbocycles. The molecule has 306 valence electrons. The second kappa shape index (κ2) is 13.2. The molecular formula is C59H33N5O2. The molecule has 0 aliphatic heterocycles. The minimum atomic E-state index is 0.496. The smallest absolute Gasteiger partial charge is 0.238 e. The highest BCUT2D eigenvalue weighted by Gasteiger charge is 2.25. The van der Waals surface area contributed by atoms with E-state index < -0.39 is 0 Å². The number of hydrogen-bond acceptors (Lipinski definition) is 5. The van der Waals surface area contributed by atoms with E-state index in [1.54, 1.807) is 0 Å². The molecule has 0 radical (unpaired) electrons. The number of hydrogen-bond donors (Lipinski definition) is 0. The van der Waals surface area contributed by atoms with Crippen LogP contribution in [0.4, 0.5) is 0 Å². The summed E-state index contributed by atoms with van der Waals surface area (Å²) < 4.78 is 18.0. The summed E-state index contributed by atoms with van der Waals surface area (Å²) in [7, 11) is 0. The zero-order chi connectivity index (χ0) is 43.0. The molecule has 15 rings (SSSR count). The molecule has 0 unspecified atom stereocenters. The Kier molecular flexibility index (Phi) is 7.10. The minimum absolute atomic E-state index is 0.496. The van der Waals surface area contributed by atoms with Gasteiger partial charge < -0.3 is 13.4 Å². The van der Waals surface area contributed by atoms with Crippen LogP contribution in [0.5, 0.6) is 0 Å². The van der Waals surface area contributed by atoms with E-state index in [9.17, 15) is 0 Å². The highest BCUT2D eigenvalue weighted by molar-refractivity contribution is 6.23. The summed E-state index contributed by atoms with van der Waals surface area (Å²) in [5, 5.41) is 13.5. The first-order valence-corrected chi connectivity index (χ1v) is 22.2. The lowest BCUT2D eigenvalue weighted by molar-refractivity contribution is 0.668. The van der Waals surface area contributed by atoms with E-state index in [2.05, 4.69) is 173 Å². The van der Waals surface area contributed by atoms with Crippen LogP contribution in [0.1, 0.15) is 0 Å². The minimum Gasteiger partial charge on any atom is -0.456 e. The second-order valence-corrected chi connectivity index (χ2v) is 17.1. The average Bonchev–Trinajstić information content (AvgIpc) is 4.13. The molecule has 7 nitrogen and oxygen atoms in total. The number of nitrogens with zero attached hydrogens (tertiary/aromatic N) is 5. The quantitative estimate of drug-likeness (QED) is 0.176. The van der Waals surface area contributed by atoms with Gasteiger partial charge in [0.15, 0.2) is 11.6 Å². The molecule has 0 amide bonds. The summed E-state index contributed by atoms with van der Waals surface area (Å²) in [6, 6.07) is 70.3. The molecule has 0 N–H and O–H groups in total. The van der Waals surface area contributed by atoms with Crippen molar-refractivity contribution in [3.05, 3.63) is 200 Å². The van der Waals surface area contributed by atoms with Crippen LogP contribution in [-0.4, -0.2) is 24.1 Å². The predicted octanol–water partition coefficient (Wildman–Crippen LogP) is 15.5. The molecule has 0 saturated heterocycles. The lowest BCUT2D eigenvalue weighted by atomic mass is 10.0. The Hall–Kier alpha value is -9.07. The standard InChI is InChI=1S/C59H33N5O2/c1-2-15-36-32-50-46(31-35(36)14-1)43-28-25-34-13-3-4-16-38(34)55(43)63(50)49-30-29-45(56-54(49)44-20-8-12-24-52(44)66-56)58-60-57(37-26-27-42-41-19-7-11-23-51(41)65-53(42)33-37)61-59(62-58)64-47-21-9-5-17-39(47)40-18-6-10-22-48(40)64/h1-33H. The highest BCUT2D eigenvalue weighted by Crippen LogP contribution is 2.45. The lowest BCUT2D eigenvalue weighted by Gasteiger charge is -2.14. The Morgan fingerprint density at radius 1 is 0.348 bits per heavy atom. The third-order valence-corrected chi connectivity index (χ3v) is 13.5. The maximum atomic E-state index is 7.03. The van der Waals surface area contributed by atoms with E-state index in [0.29, 0.717) is 23.2 Å². The highest BCUT2D eigenvalue weighted by atomic mass is 16.3. The SMILES string of the molecule is c1ccc2cc3c(cc2c1)c1ccc2ccccc2c1n3-c1ccc(-c2nc(-c3ccc4c(c3)oc3ccccc34)nc(-n3c4ccccc4c4ccccc43)n2)c2oc3ccccc3c12. The van der Waals surface area contributed by atoms with E-state index in [-0.39, 0.29) is 0 Å². The van der Waals surface area contributed by atoms with Crippen LogP contribution in [0, 0.1) is 0 Å². The van der Waals surface area contributed by atoms with Crippen molar-refractivity contribution in [2.75, 3.05) is 0 Å². The van der Waals surface area contributed by atoms with Gasteiger partial charge in [-0.15, -0.1) is 0 Å². The second-order valence-electron chi connectivity index (χ2n) is 17.1. The zero-order valence-electron chi connectivity index (χ0n) is 35.1. The van der Waals surface area contributed by atoms with Gasteiger partial charge in [0, 0.05) is 48.7 Å². The van der Waals surface area contributed by atoms with Crippen LogP contribution < -0.4 is 0 Å². The molecule has 0 atom stereocenters. The third-order valence-electron chi connectivity index (χ3n) is 13.5. The fourth-order valence-electron chi connectivity index (χ4n) is 10.6. The molecule has 66 heavy (non-hydrogen) atoms. The molecule has 0 fully saturated rings. The maximum Gasteiger partial charge on any atom is 0.238 e. The first-order chi connectivity index (χ1) is 32.7. The molecule has 0 bridgehead atoms. The van der Waals surface area contributed by atoms with Crippen molar-refractivity contribution >= 4 is 109 Å². The summed E-state index contributed by atoms with van der Waals surface area (Å²) in [6.07, 6.45) is 0. The fourth-order valence-corrected chi connectivity index (χ4v) is 10.6. The Balaban J connectivity index is 1.05. The van der Waals surface area contributed by atoms with Gasteiger partial charge in [-0.05, 0) is 76.8 Å². The van der Waals surface area contributed by atoms with Crippen molar-refractivity contribution in [1.29, 1.82) is 0 Å². The number of rotatable bonds is 4. The van der Waals surface area contributed by atoms with E-state index >= 15 is 0 Å². The van der Waals surface area contributed by atoms with Crippen LogP contribution in [0.25, 0.3) is 143 Å². The van der Waals surface area contributed by atoms with Crippen LogP contribution in [-0.2, 0) is 0 Å². The maximum absolute atomic E-state index is 7.03. The van der Waals surface area contributed by atoms with E-state index in [1.807, 2.05) is 36.4 Å². The molecule has 0 aliphatic carbocycles. The van der Waals surface area contributed by atoms with Gasteiger partial charge in [-0.2, -0.15) is 9.97 Å². The Morgan fingerprint density at radius 2 is 0.955 bits per heavy atom. The zero-order valence-corrected chi connectivity index (χ0v) is 35.1. The van der Waals surface area contributed by atoms with Crippen molar-refractivity contribution in [1.82, 2.24) is 24.1 Å². The van der Waals surface area contributed by atoms with Crippen molar-refractivity contribution in [3.63, 3.8) is 0 Å². The topological polar surface area (TPSA) is 74.8 Å². The Labute approximate surface area is 375 Å². The summed E-state index contributed by atoms with van der Waals surface area (Å²) in [5.41, 5.74) is 9.95.